The Morgan fingerprint density at radius 1 is 1.19 bits per heavy atom. The number of nitrogens with zero attached hydrogens (tertiary/aromatic N) is 3. The largest absolute Gasteiger partial charge is 0.442 e. The van der Waals surface area contributed by atoms with Gasteiger partial charge in [-0.05, 0) is 49.6 Å². The highest BCUT2D eigenvalue weighted by Gasteiger charge is 2.47. The number of likely N-dealkylation sites (tertiary alicyclic amines) is 1. The maximum Gasteiger partial charge on any atom is 0.410 e. The molecule has 1 aromatic carbocycles. The fourth-order valence-corrected chi connectivity index (χ4v) is 3.99. The van der Waals surface area contributed by atoms with Gasteiger partial charge in [-0.3, -0.25) is 9.88 Å². The van der Waals surface area contributed by atoms with Crippen molar-refractivity contribution in [3.8, 4) is 0 Å². The summed E-state index contributed by atoms with van der Waals surface area (Å²) >= 11 is 0. The second-order valence-corrected chi connectivity index (χ2v) is 7.38. The van der Waals surface area contributed by atoms with Crippen molar-refractivity contribution >= 4 is 6.09 Å². The number of benzene rings is 1. The molecular formula is C21H24FN3O2. The van der Waals surface area contributed by atoms with Gasteiger partial charge in [0.25, 0.3) is 0 Å². The maximum atomic E-state index is 13.0. The van der Waals surface area contributed by atoms with Crippen LogP contribution in [0.3, 0.4) is 0 Å². The number of rotatable bonds is 6. The van der Waals surface area contributed by atoms with E-state index in [1.54, 1.807) is 12.1 Å². The predicted molar refractivity (Wildman–Crippen MR) is 99.7 cm³/mol. The lowest BCUT2D eigenvalue weighted by molar-refractivity contribution is 0.120. The van der Waals surface area contributed by atoms with E-state index in [2.05, 4.69) is 9.88 Å². The Bertz CT molecular complexity index is 811. The first kappa shape index (κ1) is 17.9. The highest BCUT2D eigenvalue weighted by Crippen LogP contribution is 2.28. The van der Waals surface area contributed by atoms with Crippen LogP contribution in [0.4, 0.5) is 9.18 Å². The molecule has 0 aliphatic carbocycles. The molecule has 1 aromatic heterocycles. The summed E-state index contributed by atoms with van der Waals surface area (Å²) in [4.78, 5) is 20.9. The highest BCUT2D eigenvalue weighted by atomic mass is 19.1. The van der Waals surface area contributed by atoms with E-state index in [9.17, 15) is 9.18 Å². The van der Waals surface area contributed by atoms with Crippen molar-refractivity contribution in [1.29, 1.82) is 0 Å². The number of aryl methyl sites for hydroxylation is 2. The van der Waals surface area contributed by atoms with E-state index < -0.39 is 0 Å². The molecule has 2 atom stereocenters. The second-order valence-electron chi connectivity index (χ2n) is 7.38. The van der Waals surface area contributed by atoms with Gasteiger partial charge in [-0.1, -0.05) is 18.2 Å². The summed E-state index contributed by atoms with van der Waals surface area (Å²) in [5.74, 6) is -0.223. The van der Waals surface area contributed by atoms with E-state index in [0.29, 0.717) is 6.54 Å². The molecule has 0 radical (unpaired) electrons. The molecule has 27 heavy (non-hydrogen) atoms. The fourth-order valence-electron chi connectivity index (χ4n) is 3.99. The van der Waals surface area contributed by atoms with Crippen LogP contribution in [0.2, 0.25) is 0 Å². The van der Waals surface area contributed by atoms with E-state index in [-0.39, 0.29) is 24.1 Å². The summed E-state index contributed by atoms with van der Waals surface area (Å²) in [6, 6.07) is 12.7. The SMILES string of the molecule is Cc1cccc(CN2C[C@@H]3OC(=O)N(CCCc4ccc(F)cc4)[C@@H]3C2)n1. The minimum absolute atomic E-state index is 0.0619. The molecule has 1 amide bonds. The van der Waals surface area contributed by atoms with Crippen LogP contribution in [0, 0.1) is 12.7 Å². The van der Waals surface area contributed by atoms with Crippen molar-refractivity contribution in [2.75, 3.05) is 19.6 Å². The van der Waals surface area contributed by atoms with Gasteiger partial charge in [-0.15, -0.1) is 0 Å². The Hall–Kier alpha value is -2.47. The molecule has 6 heteroatoms. The van der Waals surface area contributed by atoms with E-state index in [4.69, 9.17) is 4.74 Å². The number of aromatic nitrogens is 1. The van der Waals surface area contributed by atoms with Crippen molar-refractivity contribution in [3.05, 3.63) is 65.2 Å². The normalized spacial score (nSPS) is 22.1. The molecule has 2 aromatic rings. The smallest absolute Gasteiger partial charge is 0.410 e. The minimum Gasteiger partial charge on any atom is -0.442 e. The number of carbonyl (C=O) groups is 1. The van der Waals surface area contributed by atoms with Crippen LogP contribution in [0.1, 0.15) is 23.4 Å². The average molecular weight is 369 g/mol. The molecule has 0 spiro atoms. The predicted octanol–water partition coefficient (Wildman–Crippen LogP) is 3.17. The second kappa shape index (κ2) is 7.64. The van der Waals surface area contributed by atoms with Crippen LogP contribution in [0.15, 0.2) is 42.5 Å². The van der Waals surface area contributed by atoms with Crippen LogP contribution in [0.25, 0.3) is 0 Å². The maximum absolute atomic E-state index is 13.0. The van der Waals surface area contributed by atoms with Crippen molar-refractivity contribution in [2.45, 2.75) is 38.5 Å². The van der Waals surface area contributed by atoms with Crippen molar-refractivity contribution < 1.29 is 13.9 Å². The number of amides is 1. The third kappa shape index (κ3) is 4.11. The fraction of sp³-hybridized carbons (Fsp3) is 0.429. The molecule has 2 saturated heterocycles. The van der Waals surface area contributed by atoms with Gasteiger partial charge in [-0.2, -0.15) is 0 Å². The average Bonchev–Trinajstić information content (AvgIpc) is 3.14. The molecule has 3 heterocycles. The Labute approximate surface area is 158 Å². The molecule has 0 N–H and O–H groups in total. The molecule has 142 valence electrons. The minimum atomic E-state index is -0.223. The number of hydrogen-bond acceptors (Lipinski definition) is 4. The van der Waals surface area contributed by atoms with Crippen molar-refractivity contribution in [2.24, 2.45) is 0 Å². The Morgan fingerprint density at radius 2 is 2.00 bits per heavy atom. The Kier molecular flexibility index (Phi) is 5.07. The van der Waals surface area contributed by atoms with Gasteiger partial charge in [0, 0.05) is 31.9 Å². The highest BCUT2D eigenvalue weighted by molar-refractivity contribution is 5.71. The summed E-state index contributed by atoms with van der Waals surface area (Å²) < 4.78 is 18.6. The van der Waals surface area contributed by atoms with E-state index in [1.165, 1.54) is 12.1 Å². The first-order valence-corrected chi connectivity index (χ1v) is 9.45. The lowest BCUT2D eigenvalue weighted by Gasteiger charge is -2.22. The zero-order valence-electron chi connectivity index (χ0n) is 15.5. The molecule has 5 nitrogen and oxygen atoms in total. The monoisotopic (exact) mass is 369 g/mol. The van der Waals surface area contributed by atoms with Crippen LogP contribution in [-0.4, -0.2) is 52.7 Å². The van der Waals surface area contributed by atoms with Crippen molar-refractivity contribution in [1.82, 2.24) is 14.8 Å². The Balaban J connectivity index is 1.31. The quantitative estimate of drug-likeness (QED) is 0.785. The summed E-state index contributed by atoms with van der Waals surface area (Å²) in [5, 5.41) is 0. The topological polar surface area (TPSA) is 45.7 Å². The van der Waals surface area contributed by atoms with Gasteiger partial charge < -0.3 is 9.64 Å². The molecule has 0 saturated carbocycles. The van der Waals surface area contributed by atoms with Gasteiger partial charge in [0.05, 0.1) is 11.7 Å². The van der Waals surface area contributed by atoms with Gasteiger partial charge in [0.1, 0.15) is 11.9 Å². The van der Waals surface area contributed by atoms with Gasteiger partial charge in [-0.25, -0.2) is 9.18 Å². The molecule has 2 fully saturated rings. The van der Waals surface area contributed by atoms with Gasteiger partial charge in [0.2, 0.25) is 0 Å². The number of ether oxygens (including phenoxy) is 1. The zero-order valence-corrected chi connectivity index (χ0v) is 15.5. The summed E-state index contributed by atoms with van der Waals surface area (Å²) in [6.07, 6.45) is 1.38. The van der Waals surface area contributed by atoms with E-state index in [1.807, 2.05) is 30.0 Å². The van der Waals surface area contributed by atoms with Crippen LogP contribution in [-0.2, 0) is 17.7 Å². The van der Waals surface area contributed by atoms with E-state index in [0.717, 1.165) is 49.4 Å². The van der Waals surface area contributed by atoms with Crippen LogP contribution >= 0.6 is 0 Å². The molecular weight excluding hydrogens is 345 g/mol. The Morgan fingerprint density at radius 3 is 2.78 bits per heavy atom. The summed E-state index contributed by atoms with van der Waals surface area (Å²) in [5.41, 5.74) is 3.14. The summed E-state index contributed by atoms with van der Waals surface area (Å²) in [7, 11) is 0. The molecule has 0 bridgehead atoms. The first-order chi connectivity index (χ1) is 13.1. The zero-order chi connectivity index (χ0) is 18.8. The molecule has 2 aliphatic heterocycles. The van der Waals surface area contributed by atoms with E-state index >= 15 is 0 Å². The van der Waals surface area contributed by atoms with Crippen LogP contribution < -0.4 is 0 Å². The molecule has 4 rings (SSSR count). The first-order valence-electron chi connectivity index (χ1n) is 9.45. The number of pyridine rings is 1. The number of hydrogen-bond donors (Lipinski definition) is 0. The summed E-state index contributed by atoms with van der Waals surface area (Å²) in [6.45, 7) is 4.99. The lowest BCUT2D eigenvalue weighted by atomic mass is 10.1. The molecule has 2 aliphatic rings. The third-order valence-corrected chi connectivity index (χ3v) is 5.31. The van der Waals surface area contributed by atoms with Gasteiger partial charge in [0.15, 0.2) is 0 Å². The number of carbonyl (C=O) groups excluding carboxylic acids is 1. The molecule has 0 unspecified atom stereocenters. The number of fused-ring (bicyclic) bond motifs is 1. The van der Waals surface area contributed by atoms with Crippen LogP contribution in [0.5, 0.6) is 0 Å². The van der Waals surface area contributed by atoms with Gasteiger partial charge >= 0.3 is 6.09 Å². The standard InChI is InChI=1S/C21H24FN3O2/c1-15-4-2-6-18(23-15)12-24-13-19-20(14-24)27-21(26)25(19)11-3-5-16-7-9-17(22)10-8-16/h2,4,6-10,19-20H,3,5,11-14H2,1H3/t19-,20+/m1/s1. The van der Waals surface area contributed by atoms with Crippen molar-refractivity contribution in [3.63, 3.8) is 0 Å². The number of halogens is 1. The lowest BCUT2D eigenvalue weighted by Crippen LogP contribution is -2.38. The third-order valence-electron chi connectivity index (χ3n) is 5.31.